The van der Waals surface area contributed by atoms with Crippen LogP contribution in [0.15, 0.2) is 0 Å². The van der Waals surface area contributed by atoms with Crippen LogP contribution in [0.25, 0.3) is 0 Å². The van der Waals surface area contributed by atoms with Crippen LogP contribution < -0.4 is 0 Å². The summed E-state index contributed by atoms with van der Waals surface area (Å²) in [5, 5.41) is 0. The summed E-state index contributed by atoms with van der Waals surface area (Å²) in [6.07, 6.45) is 2.23. The van der Waals surface area contributed by atoms with Gasteiger partial charge >= 0.3 is 0 Å². The smallest absolute Gasteiger partial charge is 0.227 e. The molecule has 0 N–H and O–H groups in total. The number of rotatable bonds is 2. The first kappa shape index (κ1) is 13.5. The molecule has 0 aromatic rings. The van der Waals surface area contributed by atoms with Gasteiger partial charge in [0, 0.05) is 31.6 Å². The first-order chi connectivity index (χ1) is 7.36. The molecule has 16 heavy (non-hydrogen) atoms. The molecule has 3 heteroatoms. The van der Waals surface area contributed by atoms with E-state index in [9.17, 15) is 4.79 Å². The minimum absolute atomic E-state index is 0.253. The van der Waals surface area contributed by atoms with Crippen LogP contribution in [0.3, 0.4) is 0 Å². The second kappa shape index (κ2) is 5.17. The molecular weight excluding hydrogens is 200 g/mol. The fourth-order valence-corrected chi connectivity index (χ4v) is 2.32. The van der Waals surface area contributed by atoms with Gasteiger partial charge in [-0.1, -0.05) is 27.7 Å². The molecule has 0 radical (unpaired) electrons. The summed E-state index contributed by atoms with van der Waals surface area (Å²) in [7, 11) is 1.96. The average Bonchev–Trinajstić information content (AvgIpc) is 2.26. The average molecular weight is 226 g/mol. The molecule has 0 aliphatic carbocycles. The third-order valence-electron chi connectivity index (χ3n) is 3.51. The Kier molecular flexibility index (Phi) is 4.36. The van der Waals surface area contributed by atoms with Gasteiger partial charge in [-0.2, -0.15) is 0 Å². The zero-order valence-electron chi connectivity index (χ0n) is 11.4. The lowest BCUT2D eigenvalue weighted by Gasteiger charge is -2.38. The Morgan fingerprint density at radius 2 is 1.81 bits per heavy atom. The molecule has 0 aromatic heterocycles. The minimum atomic E-state index is -0.253. The molecule has 0 spiro atoms. The summed E-state index contributed by atoms with van der Waals surface area (Å²) in [6, 6.07) is 0.439. The van der Waals surface area contributed by atoms with Gasteiger partial charge in [-0.15, -0.1) is 0 Å². The lowest BCUT2D eigenvalue weighted by Crippen LogP contribution is -2.48. The Morgan fingerprint density at radius 3 is 2.19 bits per heavy atom. The van der Waals surface area contributed by atoms with E-state index in [2.05, 4.69) is 11.8 Å². The molecule has 1 heterocycles. The second-order valence-corrected chi connectivity index (χ2v) is 5.83. The highest BCUT2D eigenvalue weighted by atomic mass is 16.2. The normalized spacial score (nSPS) is 19.8. The van der Waals surface area contributed by atoms with Crippen molar-refractivity contribution in [1.29, 1.82) is 0 Å². The summed E-state index contributed by atoms with van der Waals surface area (Å²) < 4.78 is 0. The number of amides is 1. The fourth-order valence-electron chi connectivity index (χ4n) is 2.32. The maximum Gasteiger partial charge on any atom is 0.227 e. The Bertz CT molecular complexity index is 237. The third-order valence-corrected chi connectivity index (χ3v) is 3.51. The van der Waals surface area contributed by atoms with Crippen LogP contribution in [0.4, 0.5) is 0 Å². The van der Waals surface area contributed by atoms with E-state index < -0.39 is 0 Å². The Balaban J connectivity index is 2.50. The monoisotopic (exact) mass is 226 g/mol. The zero-order chi connectivity index (χ0) is 12.3. The number of nitrogens with zero attached hydrogens (tertiary/aromatic N) is 2. The Labute approximate surface area is 99.8 Å². The number of hydrogen-bond acceptors (Lipinski definition) is 2. The molecule has 1 saturated heterocycles. The van der Waals surface area contributed by atoms with Gasteiger partial charge in [0.15, 0.2) is 0 Å². The molecule has 1 aliphatic heterocycles. The van der Waals surface area contributed by atoms with E-state index in [0.717, 1.165) is 32.5 Å². The van der Waals surface area contributed by atoms with Crippen LogP contribution in [0.2, 0.25) is 0 Å². The summed E-state index contributed by atoms with van der Waals surface area (Å²) in [5.41, 5.74) is -0.253. The van der Waals surface area contributed by atoms with Gasteiger partial charge in [0.2, 0.25) is 5.91 Å². The van der Waals surface area contributed by atoms with E-state index >= 15 is 0 Å². The molecular formula is C13H26N2O. The standard InChI is InChI=1S/C13H26N2O/c1-6-15-9-7-11(8-10-15)14(5)12(16)13(2,3)4/h11H,6-10H2,1-5H3. The lowest BCUT2D eigenvalue weighted by atomic mass is 9.93. The van der Waals surface area contributed by atoms with Crippen LogP contribution in [-0.2, 0) is 4.79 Å². The van der Waals surface area contributed by atoms with Gasteiger partial charge in [0.25, 0.3) is 0 Å². The minimum Gasteiger partial charge on any atom is -0.342 e. The second-order valence-electron chi connectivity index (χ2n) is 5.83. The van der Waals surface area contributed by atoms with Crippen molar-refractivity contribution in [3.63, 3.8) is 0 Å². The highest BCUT2D eigenvalue weighted by Crippen LogP contribution is 2.22. The van der Waals surface area contributed by atoms with Crippen LogP contribution in [0, 0.1) is 5.41 Å². The summed E-state index contributed by atoms with van der Waals surface area (Å²) >= 11 is 0. The number of carbonyl (C=O) groups excluding carboxylic acids is 1. The van der Waals surface area contributed by atoms with Gasteiger partial charge in [-0.05, 0) is 19.4 Å². The maximum absolute atomic E-state index is 12.1. The van der Waals surface area contributed by atoms with E-state index in [4.69, 9.17) is 0 Å². The number of carbonyl (C=O) groups is 1. The predicted molar refractivity (Wildman–Crippen MR) is 67.4 cm³/mol. The van der Waals surface area contributed by atoms with E-state index in [0.29, 0.717) is 6.04 Å². The van der Waals surface area contributed by atoms with Crippen molar-refractivity contribution in [2.45, 2.75) is 46.6 Å². The molecule has 0 unspecified atom stereocenters. The fraction of sp³-hybridized carbons (Fsp3) is 0.923. The molecule has 1 rings (SSSR count). The molecule has 3 nitrogen and oxygen atoms in total. The molecule has 0 saturated carbocycles. The van der Waals surface area contributed by atoms with Gasteiger partial charge in [0.1, 0.15) is 0 Å². The van der Waals surface area contributed by atoms with Crippen LogP contribution in [0.1, 0.15) is 40.5 Å². The molecule has 1 amide bonds. The molecule has 0 atom stereocenters. The lowest BCUT2D eigenvalue weighted by molar-refractivity contribution is -0.141. The van der Waals surface area contributed by atoms with Crippen molar-refractivity contribution in [3.8, 4) is 0 Å². The summed E-state index contributed by atoms with van der Waals surface area (Å²) in [6.45, 7) is 11.6. The van der Waals surface area contributed by atoms with Crippen molar-refractivity contribution in [3.05, 3.63) is 0 Å². The highest BCUT2D eigenvalue weighted by Gasteiger charge is 2.30. The molecule has 0 bridgehead atoms. The topological polar surface area (TPSA) is 23.6 Å². The molecule has 1 aliphatic rings. The maximum atomic E-state index is 12.1. The Morgan fingerprint density at radius 1 is 1.31 bits per heavy atom. The van der Waals surface area contributed by atoms with Crippen molar-refractivity contribution in [2.24, 2.45) is 5.41 Å². The molecule has 0 aromatic carbocycles. The van der Waals surface area contributed by atoms with Crippen molar-refractivity contribution in [2.75, 3.05) is 26.7 Å². The van der Waals surface area contributed by atoms with Gasteiger partial charge in [-0.3, -0.25) is 4.79 Å². The molecule has 94 valence electrons. The largest absolute Gasteiger partial charge is 0.342 e. The third kappa shape index (κ3) is 3.21. The van der Waals surface area contributed by atoms with Crippen LogP contribution in [-0.4, -0.2) is 48.4 Å². The van der Waals surface area contributed by atoms with Gasteiger partial charge in [-0.25, -0.2) is 0 Å². The van der Waals surface area contributed by atoms with Gasteiger partial charge in [0.05, 0.1) is 0 Å². The Hall–Kier alpha value is -0.570. The molecule has 1 fully saturated rings. The predicted octanol–water partition coefficient (Wildman–Crippen LogP) is 1.98. The van der Waals surface area contributed by atoms with Crippen LogP contribution >= 0.6 is 0 Å². The first-order valence-corrected chi connectivity index (χ1v) is 6.36. The highest BCUT2D eigenvalue weighted by molar-refractivity contribution is 5.81. The summed E-state index contributed by atoms with van der Waals surface area (Å²) in [4.78, 5) is 16.5. The SMILES string of the molecule is CCN1CCC(N(C)C(=O)C(C)(C)C)CC1. The number of likely N-dealkylation sites (tertiary alicyclic amines) is 1. The van der Waals surface area contributed by atoms with E-state index in [-0.39, 0.29) is 11.3 Å². The van der Waals surface area contributed by atoms with Crippen molar-refractivity contribution >= 4 is 5.91 Å². The van der Waals surface area contributed by atoms with Crippen LogP contribution in [0.5, 0.6) is 0 Å². The van der Waals surface area contributed by atoms with Crippen molar-refractivity contribution < 1.29 is 4.79 Å². The van der Waals surface area contributed by atoms with Crippen molar-refractivity contribution in [1.82, 2.24) is 9.80 Å². The number of piperidine rings is 1. The quantitative estimate of drug-likeness (QED) is 0.719. The van der Waals surface area contributed by atoms with E-state index in [1.165, 1.54) is 0 Å². The van der Waals surface area contributed by atoms with Gasteiger partial charge < -0.3 is 9.80 Å². The first-order valence-electron chi connectivity index (χ1n) is 6.36. The number of hydrogen-bond donors (Lipinski definition) is 0. The summed E-state index contributed by atoms with van der Waals surface area (Å²) in [5.74, 6) is 0.266. The zero-order valence-corrected chi connectivity index (χ0v) is 11.4. The van der Waals surface area contributed by atoms with E-state index in [1.807, 2.05) is 32.7 Å². The van der Waals surface area contributed by atoms with E-state index in [1.54, 1.807) is 0 Å².